The summed E-state index contributed by atoms with van der Waals surface area (Å²) < 4.78 is 30.0. The zero-order valence-electron chi connectivity index (χ0n) is 17.7. The van der Waals surface area contributed by atoms with Gasteiger partial charge in [-0.25, -0.2) is 4.39 Å². The van der Waals surface area contributed by atoms with Crippen molar-refractivity contribution in [1.82, 2.24) is 4.72 Å². The number of benzene rings is 2. The average molecular weight is 432 g/mol. The van der Waals surface area contributed by atoms with E-state index >= 15 is 0 Å². The van der Waals surface area contributed by atoms with E-state index in [1.165, 1.54) is 6.07 Å². The van der Waals surface area contributed by atoms with E-state index in [0.717, 1.165) is 19.3 Å². The fourth-order valence-corrected chi connectivity index (χ4v) is 4.57. The van der Waals surface area contributed by atoms with Crippen LogP contribution in [0.4, 0.5) is 10.1 Å². The fourth-order valence-electron chi connectivity index (χ4n) is 3.62. The van der Waals surface area contributed by atoms with Crippen molar-refractivity contribution in [3.05, 3.63) is 65.0 Å². The van der Waals surface area contributed by atoms with Crippen LogP contribution in [0.3, 0.4) is 0 Å². The van der Waals surface area contributed by atoms with Crippen molar-refractivity contribution >= 4 is 23.0 Å². The Bertz CT molecular complexity index is 927. The number of nitrogens with two attached hydrogens (primary N) is 2. The van der Waals surface area contributed by atoms with Gasteiger partial charge < -0.3 is 16.0 Å². The summed E-state index contributed by atoms with van der Waals surface area (Å²) in [6, 6.07) is 11.6. The molecule has 0 aromatic heterocycles. The summed E-state index contributed by atoms with van der Waals surface area (Å²) in [5.74, 6) is -0.498. The Morgan fingerprint density at radius 2 is 1.90 bits per heavy atom. The first-order valence-corrected chi connectivity index (χ1v) is 11.3. The topological polar surface area (TPSA) is 104 Å². The minimum atomic E-state index is -1.47. The number of primary amides is 1. The van der Waals surface area contributed by atoms with Gasteiger partial charge in [0.2, 0.25) is 5.91 Å². The lowest BCUT2D eigenvalue weighted by Crippen LogP contribution is -2.53. The number of rotatable bonds is 8. The van der Waals surface area contributed by atoms with E-state index < -0.39 is 33.4 Å². The quantitative estimate of drug-likeness (QED) is 0.434. The van der Waals surface area contributed by atoms with E-state index in [1.807, 2.05) is 32.9 Å². The predicted molar refractivity (Wildman–Crippen MR) is 120 cm³/mol. The summed E-state index contributed by atoms with van der Waals surface area (Å²) >= 11 is -1.47. The molecular formula is C23H30FN3O2S. The number of halogens is 1. The van der Waals surface area contributed by atoms with Crippen LogP contribution >= 0.6 is 0 Å². The number of hydrogen-bond acceptors (Lipinski definition) is 4. The molecule has 162 valence electrons. The average Bonchev–Trinajstić information content (AvgIpc) is 3.51. The highest BCUT2D eigenvalue weighted by atomic mass is 32.2. The summed E-state index contributed by atoms with van der Waals surface area (Å²) in [4.78, 5) is 12.3. The molecule has 0 aliphatic heterocycles. The third-order valence-electron chi connectivity index (χ3n) is 5.59. The van der Waals surface area contributed by atoms with Crippen LogP contribution in [0.1, 0.15) is 67.9 Å². The molecule has 3 rings (SSSR count). The van der Waals surface area contributed by atoms with Gasteiger partial charge >= 0.3 is 0 Å². The summed E-state index contributed by atoms with van der Waals surface area (Å²) in [5.41, 5.74) is 12.2. The minimum absolute atomic E-state index is 0.00296. The third kappa shape index (κ3) is 4.79. The first-order valence-electron chi connectivity index (χ1n) is 10.2. The van der Waals surface area contributed by atoms with Crippen LogP contribution in [0.25, 0.3) is 0 Å². The molecule has 0 saturated heterocycles. The first-order chi connectivity index (χ1) is 14.0. The highest BCUT2D eigenvalue weighted by molar-refractivity contribution is 7.90. The zero-order chi connectivity index (χ0) is 22.1. The lowest BCUT2D eigenvalue weighted by atomic mass is 9.77. The summed E-state index contributed by atoms with van der Waals surface area (Å²) in [5, 5.41) is 0. The predicted octanol–water partition coefficient (Wildman–Crippen LogP) is 3.99. The van der Waals surface area contributed by atoms with Gasteiger partial charge in [0, 0.05) is 16.9 Å². The highest BCUT2D eigenvalue weighted by Gasteiger charge is 2.44. The van der Waals surface area contributed by atoms with Crippen molar-refractivity contribution in [3.8, 4) is 0 Å². The van der Waals surface area contributed by atoms with Crippen molar-refractivity contribution < 1.29 is 13.7 Å². The van der Waals surface area contributed by atoms with E-state index in [2.05, 4.69) is 4.72 Å². The monoisotopic (exact) mass is 431 g/mol. The molecule has 2 aromatic carbocycles. The summed E-state index contributed by atoms with van der Waals surface area (Å²) in [6.07, 6.45) is 3.76. The van der Waals surface area contributed by atoms with Crippen LogP contribution in [0, 0.1) is 11.7 Å². The standard InChI is InChI=1S/C23H30FN3O2S/c1-22(2,3)30(29)27-23(13-12-15-8-9-15,16-10-11-19(24)20(25)14-16)18-7-5-4-6-17(18)21(26)28/h4-7,10-11,14-15,27H,8-9,12-13,25H2,1-3H3,(H2,26,28). The number of hydrogen-bond donors (Lipinski definition) is 3. The van der Waals surface area contributed by atoms with Crippen LogP contribution in [-0.2, 0) is 16.9 Å². The van der Waals surface area contributed by atoms with Crippen molar-refractivity contribution in [2.45, 2.75) is 56.7 Å². The molecule has 5 N–H and O–H groups in total. The van der Waals surface area contributed by atoms with E-state index in [1.54, 1.807) is 24.3 Å². The van der Waals surface area contributed by atoms with Gasteiger partial charge in [0.1, 0.15) is 16.1 Å². The second-order valence-corrected chi connectivity index (χ2v) is 11.0. The molecule has 0 radical (unpaired) electrons. The van der Waals surface area contributed by atoms with Gasteiger partial charge in [-0.3, -0.25) is 4.79 Å². The Labute approximate surface area is 180 Å². The van der Waals surface area contributed by atoms with E-state index in [4.69, 9.17) is 11.5 Å². The number of anilines is 1. The van der Waals surface area contributed by atoms with Gasteiger partial charge in [0.15, 0.2) is 0 Å². The lowest BCUT2D eigenvalue weighted by Gasteiger charge is -2.39. The molecule has 1 aliphatic rings. The molecule has 1 aliphatic carbocycles. The number of nitrogen functional groups attached to an aromatic ring is 1. The van der Waals surface area contributed by atoms with E-state index in [0.29, 0.717) is 29.0 Å². The van der Waals surface area contributed by atoms with Crippen LogP contribution in [0.15, 0.2) is 42.5 Å². The molecule has 5 nitrogen and oxygen atoms in total. The van der Waals surface area contributed by atoms with Crippen molar-refractivity contribution in [3.63, 3.8) is 0 Å². The normalized spacial score (nSPS) is 17.4. The van der Waals surface area contributed by atoms with Crippen molar-refractivity contribution in [1.29, 1.82) is 0 Å². The maximum Gasteiger partial charge on any atom is 0.249 e. The van der Waals surface area contributed by atoms with Crippen LogP contribution in [0.5, 0.6) is 0 Å². The van der Waals surface area contributed by atoms with E-state index in [-0.39, 0.29) is 5.69 Å². The highest BCUT2D eigenvalue weighted by Crippen LogP contribution is 2.43. The maximum absolute atomic E-state index is 14.0. The van der Waals surface area contributed by atoms with Gasteiger partial charge in [-0.1, -0.05) is 37.1 Å². The van der Waals surface area contributed by atoms with Crippen molar-refractivity contribution in [2.24, 2.45) is 11.7 Å². The molecule has 1 amide bonds. The molecule has 30 heavy (non-hydrogen) atoms. The zero-order valence-corrected chi connectivity index (χ0v) is 18.5. The van der Waals surface area contributed by atoms with Gasteiger partial charge in [-0.05, 0) is 68.9 Å². The SMILES string of the molecule is CC(C)(C)[S+]([O-])NC(CCC1CC1)(c1ccc(F)c(N)c1)c1ccccc1C(N)=O. The lowest BCUT2D eigenvalue weighted by molar-refractivity contribution is 0.0997. The van der Waals surface area contributed by atoms with Crippen LogP contribution in [-0.4, -0.2) is 15.2 Å². The Hall–Kier alpha value is -2.09. The molecular weight excluding hydrogens is 401 g/mol. The van der Waals surface area contributed by atoms with Gasteiger partial charge in [-0.15, -0.1) is 4.72 Å². The molecule has 0 heterocycles. The molecule has 0 spiro atoms. The Balaban J connectivity index is 2.24. The number of carbonyl (C=O) groups is 1. The fraction of sp³-hybridized carbons (Fsp3) is 0.435. The summed E-state index contributed by atoms with van der Waals surface area (Å²) in [7, 11) is 0. The minimum Gasteiger partial charge on any atom is -0.598 e. The second-order valence-electron chi connectivity index (χ2n) is 9.02. The third-order valence-corrected chi connectivity index (χ3v) is 7.23. The molecule has 1 saturated carbocycles. The second kappa shape index (κ2) is 8.57. The molecule has 2 atom stereocenters. The Morgan fingerprint density at radius 3 is 2.47 bits per heavy atom. The van der Waals surface area contributed by atoms with Crippen LogP contribution in [0.2, 0.25) is 0 Å². The largest absolute Gasteiger partial charge is 0.598 e. The molecule has 7 heteroatoms. The van der Waals surface area contributed by atoms with Gasteiger partial charge in [0.05, 0.1) is 5.69 Å². The summed E-state index contributed by atoms with van der Waals surface area (Å²) in [6.45, 7) is 5.63. The molecule has 0 bridgehead atoms. The number of carbonyl (C=O) groups excluding carboxylic acids is 1. The van der Waals surface area contributed by atoms with Crippen molar-refractivity contribution in [2.75, 3.05) is 5.73 Å². The smallest absolute Gasteiger partial charge is 0.249 e. The molecule has 2 unspecified atom stereocenters. The van der Waals surface area contributed by atoms with Gasteiger partial charge in [0.25, 0.3) is 0 Å². The number of nitrogens with one attached hydrogen (secondary N) is 1. The Morgan fingerprint density at radius 1 is 1.23 bits per heavy atom. The Kier molecular flexibility index (Phi) is 6.45. The molecule has 2 aromatic rings. The van der Waals surface area contributed by atoms with E-state index in [9.17, 15) is 13.7 Å². The van der Waals surface area contributed by atoms with Crippen LogP contribution < -0.4 is 16.2 Å². The number of amides is 1. The van der Waals surface area contributed by atoms with Gasteiger partial charge in [-0.2, -0.15) is 0 Å². The first kappa shape index (κ1) is 22.6. The molecule has 1 fully saturated rings. The maximum atomic E-state index is 14.0.